The summed E-state index contributed by atoms with van der Waals surface area (Å²) in [6.07, 6.45) is 0. The standard InChI is InChI=1S/C15H14FNO4S/c1-10-8-14-15(21-7-6-20-14)9-13(10)17-22(18,19)12-4-2-11(16)3-5-12/h2-5,8-9,17H,6-7H2,1H3. The molecule has 0 radical (unpaired) electrons. The van der Waals surface area contributed by atoms with Crippen LogP contribution in [0.15, 0.2) is 41.3 Å². The highest BCUT2D eigenvalue weighted by molar-refractivity contribution is 7.92. The number of halogens is 1. The van der Waals surface area contributed by atoms with Crippen LogP contribution in [-0.2, 0) is 10.0 Å². The van der Waals surface area contributed by atoms with Gasteiger partial charge < -0.3 is 9.47 Å². The summed E-state index contributed by atoms with van der Waals surface area (Å²) in [5.41, 5.74) is 1.10. The topological polar surface area (TPSA) is 64.6 Å². The molecule has 0 atom stereocenters. The lowest BCUT2D eigenvalue weighted by molar-refractivity contribution is 0.171. The third-order valence-corrected chi connectivity index (χ3v) is 4.64. The summed E-state index contributed by atoms with van der Waals surface area (Å²) < 4.78 is 50.9. The SMILES string of the molecule is Cc1cc2c(cc1NS(=O)(=O)c1ccc(F)cc1)OCCO2. The summed E-state index contributed by atoms with van der Waals surface area (Å²) in [6, 6.07) is 7.94. The van der Waals surface area contributed by atoms with Crippen LogP contribution in [0, 0.1) is 12.7 Å². The summed E-state index contributed by atoms with van der Waals surface area (Å²) in [5, 5.41) is 0. The number of hydrogen-bond acceptors (Lipinski definition) is 4. The van der Waals surface area contributed by atoms with Gasteiger partial charge in [-0.2, -0.15) is 0 Å². The predicted octanol–water partition coefficient (Wildman–Crippen LogP) is 2.71. The molecule has 0 saturated heterocycles. The lowest BCUT2D eigenvalue weighted by atomic mass is 10.2. The predicted molar refractivity (Wildman–Crippen MR) is 79.4 cm³/mol. The molecule has 2 aromatic rings. The molecule has 0 unspecified atom stereocenters. The maximum absolute atomic E-state index is 12.9. The van der Waals surface area contributed by atoms with Crippen LogP contribution in [0.3, 0.4) is 0 Å². The molecular weight excluding hydrogens is 309 g/mol. The van der Waals surface area contributed by atoms with Gasteiger partial charge >= 0.3 is 0 Å². The van der Waals surface area contributed by atoms with Crippen molar-refractivity contribution < 1.29 is 22.3 Å². The molecule has 1 aliphatic heterocycles. The Morgan fingerprint density at radius 1 is 1.05 bits per heavy atom. The fourth-order valence-corrected chi connectivity index (χ4v) is 3.24. The second kappa shape index (κ2) is 5.49. The van der Waals surface area contributed by atoms with Crippen LogP contribution >= 0.6 is 0 Å². The normalized spacial score (nSPS) is 13.7. The molecule has 3 rings (SSSR count). The lowest BCUT2D eigenvalue weighted by Gasteiger charge is -2.20. The van der Waals surface area contributed by atoms with Gasteiger partial charge in [0.1, 0.15) is 19.0 Å². The Labute approximate surface area is 127 Å². The van der Waals surface area contributed by atoms with E-state index in [-0.39, 0.29) is 4.90 Å². The molecule has 1 aliphatic rings. The van der Waals surface area contributed by atoms with Crippen LogP contribution in [0.4, 0.5) is 10.1 Å². The Bertz CT molecular complexity index is 803. The maximum atomic E-state index is 12.9. The summed E-state index contributed by atoms with van der Waals surface area (Å²) >= 11 is 0. The van der Waals surface area contributed by atoms with Crippen molar-refractivity contribution in [3.05, 3.63) is 47.8 Å². The molecule has 0 bridgehead atoms. The van der Waals surface area contributed by atoms with Crippen molar-refractivity contribution >= 4 is 15.7 Å². The fourth-order valence-electron chi connectivity index (χ4n) is 2.12. The highest BCUT2D eigenvalue weighted by Crippen LogP contribution is 2.36. The average Bonchev–Trinajstić information content (AvgIpc) is 2.48. The van der Waals surface area contributed by atoms with E-state index in [1.54, 1.807) is 19.1 Å². The number of aryl methyl sites for hydroxylation is 1. The average molecular weight is 323 g/mol. The smallest absolute Gasteiger partial charge is 0.261 e. The third-order valence-electron chi connectivity index (χ3n) is 3.26. The molecule has 0 fully saturated rings. The van der Waals surface area contributed by atoms with Gasteiger partial charge in [-0.15, -0.1) is 0 Å². The number of ether oxygens (including phenoxy) is 2. The van der Waals surface area contributed by atoms with Gasteiger partial charge in [0.2, 0.25) is 0 Å². The molecule has 5 nitrogen and oxygen atoms in total. The van der Waals surface area contributed by atoms with Crippen LogP contribution in [0.25, 0.3) is 0 Å². The minimum absolute atomic E-state index is 0.0109. The molecule has 0 amide bonds. The van der Waals surface area contributed by atoms with E-state index in [1.165, 1.54) is 12.1 Å². The summed E-state index contributed by atoms with van der Waals surface area (Å²) in [6.45, 7) is 2.65. The lowest BCUT2D eigenvalue weighted by Crippen LogP contribution is -2.17. The molecule has 2 aromatic carbocycles. The highest BCUT2D eigenvalue weighted by atomic mass is 32.2. The van der Waals surface area contributed by atoms with Crippen molar-refractivity contribution in [3.8, 4) is 11.5 Å². The largest absolute Gasteiger partial charge is 0.486 e. The van der Waals surface area contributed by atoms with Crippen molar-refractivity contribution in [1.29, 1.82) is 0 Å². The fraction of sp³-hybridized carbons (Fsp3) is 0.200. The van der Waals surface area contributed by atoms with Crippen molar-refractivity contribution in [1.82, 2.24) is 0 Å². The quantitative estimate of drug-likeness (QED) is 0.943. The first kappa shape index (κ1) is 14.6. The van der Waals surface area contributed by atoms with Gasteiger partial charge in [0.15, 0.2) is 11.5 Å². The van der Waals surface area contributed by atoms with Crippen molar-refractivity contribution in [3.63, 3.8) is 0 Å². The van der Waals surface area contributed by atoms with E-state index < -0.39 is 15.8 Å². The van der Waals surface area contributed by atoms with Gasteiger partial charge in [-0.25, -0.2) is 12.8 Å². The van der Waals surface area contributed by atoms with Crippen molar-refractivity contribution in [2.45, 2.75) is 11.8 Å². The van der Waals surface area contributed by atoms with E-state index in [4.69, 9.17) is 9.47 Å². The minimum Gasteiger partial charge on any atom is -0.486 e. The van der Waals surface area contributed by atoms with Crippen LogP contribution in [0.1, 0.15) is 5.56 Å². The number of sulfonamides is 1. The molecule has 0 aromatic heterocycles. The highest BCUT2D eigenvalue weighted by Gasteiger charge is 2.19. The first-order valence-electron chi connectivity index (χ1n) is 6.64. The molecule has 0 saturated carbocycles. The Balaban J connectivity index is 1.93. The van der Waals surface area contributed by atoms with Crippen LogP contribution in [-0.4, -0.2) is 21.6 Å². The first-order valence-corrected chi connectivity index (χ1v) is 8.13. The molecular formula is C15H14FNO4S. The van der Waals surface area contributed by atoms with Crippen LogP contribution in [0.5, 0.6) is 11.5 Å². The zero-order valence-electron chi connectivity index (χ0n) is 11.8. The van der Waals surface area contributed by atoms with Crippen LogP contribution < -0.4 is 14.2 Å². The second-order valence-corrected chi connectivity index (χ2v) is 6.55. The van der Waals surface area contributed by atoms with E-state index in [1.807, 2.05) is 0 Å². The van der Waals surface area contributed by atoms with Gasteiger partial charge in [0, 0.05) is 6.07 Å². The summed E-state index contributed by atoms with van der Waals surface area (Å²) in [5.74, 6) is 0.594. The number of fused-ring (bicyclic) bond motifs is 1. The molecule has 0 aliphatic carbocycles. The Hall–Kier alpha value is -2.28. The number of benzene rings is 2. The Morgan fingerprint density at radius 2 is 1.64 bits per heavy atom. The molecule has 116 valence electrons. The monoisotopic (exact) mass is 323 g/mol. The molecule has 7 heteroatoms. The van der Waals surface area contributed by atoms with Crippen molar-refractivity contribution in [2.24, 2.45) is 0 Å². The minimum atomic E-state index is -3.79. The molecule has 1 N–H and O–H groups in total. The van der Waals surface area contributed by atoms with Crippen LogP contribution in [0.2, 0.25) is 0 Å². The number of hydrogen-bond donors (Lipinski definition) is 1. The van der Waals surface area contributed by atoms with E-state index in [0.29, 0.717) is 36.0 Å². The molecule has 22 heavy (non-hydrogen) atoms. The number of anilines is 1. The zero-order chi connectivity index (χ0) is 15.7. The maximum Gasteiger partial charge on any atom is 0.261 e. The van der Waals surface area contributed by atoms with Gasteiger partial charge in [0.05, 0.1) is 10.6 Å². The van der Waals surface area contributed by atoms with Gasteiger partial charge in [-0.3, -0.25) is 4.72 Å². The summed E-state index contributed by atoms with van der Waals surface area (Å²) in [7, 11) is -3.79. The first-order chi connectivity index (χ1) is 10.5. The van der Waals surface area contributed by atoms with Gasteiger partial charge in [-0.05, 0) is 42.8 Å². The zero-order valence-corrected chi connectivity index (χ0v) is 12.6. The molecule has 0 spiro atoms. The Morgan fingerprint density at radius 3 is 2.27 bits per heavy atom. The second-order valence-electron chi connectivity index (χ2n) is 4.87. The van der Waals surface area contributed by atoms with E-state index >= 15 is 0 Å². The van der Waals surface area contributed by atoms with E-state index in [0.717, 1.165) is 12.1 Å². The van der Waals surface area contributed by atoms with Gasteiger partial charge in [0.25, 0.3) is 10.0 Å². The van der Waals surface area contributed by atoms with Crippen molar-refractivity contribution in [2.75, 3.05) is 17.9 Å². The Kier molecular flexibility index (Phi) is 3.66. The van der Waals surface area contributed by atoms with Gasteiger partial charge in [-0.1, -0.05) is 0 Å². The third kappa shape index (κ3) is 2.85. The summed E-state index contributed by atoms with van der Waals surface area (Å²) in [4.78, 5) is -0.0109. The van der Waals surface area contributed by atoms with E-state index in [2.05, 4.69) is 4.72 Å². The number of rotatable bonds is 3. The molecule has 1 heterocycles. The van der Waals surface area contributed by atoms with E-state index in [9.17, 15) is 12.8 Å². The number of nitrogens with one attached hydrogen (secondary N) is 1.